The maximum absolute atomic E-state index is 13.4. The normalized spacial score (nSPS) is 13.9. The minimum Gasteiger partial charge on any atom is -0.335 e. The molecule has 1 fully saturated rings. The van der Waals surface area contributed by atoms with E-state index in [0.29, 0.717) is 42.6 Å². The standard InChI is InChI=1S/C21H20FN5O3S/c1-13(28)23-16-5-6-17-18(12-16)31-20(24-17)25-21(30)27-9-7-26(8-10-27)19(29)14-3-2-4-15(22)11-14/h2-6,11-12H,7-10H2,1H3,(H,23,28)(H,24,25,30). The first-order valence-electron chi connectivity index (χ1n) is 9.68. The SMILES string of the molecule is CC(=O)Nc1ccc2nc(NC(=O)N3CCN(C(=O)c4cccc(F)c4)CC3)sc2c1. The van der Waals surface area contributed by atoms with Crippen LogP contribution in [0.1, 0.15) is 17.3 Å². The zero-order chi connectivity index (χ0) is 22.0. The molecule has 0 aliphatic carbocycles. The molecule has 4 rings (SSSR count). The van der Waals surface area contributed by atoms with E-state index in [1.807, 2.05) is 0 Å². The molecule has 3 aromatic rings. The maximum atomic E-state index is 13.4. The lowest BCUT2D eigenvalue weighted by atomic mass is 10.2. The largest absolute Gasteiger partial charge is 0.335 e. The topological polar surface area (TPSA) is 94.6 Å². The van der Waals surface area contributed by atoms with E-state index in [-0.39, 0.29) is 17.8 Å². The summed E-state index contributed by atoms with van der Waals surface area (Å²) in [5, 5.41) is 5.97. The zero-order valence-corrected chi connectivity index (χ0v) is 17.5. The molecule has 0 atom stereocenters. The summed E-state index contributed by atoms with van der Waals surface area (Å²) in [7, 11) is 0. The summed E-state index contributed by atoms with van der Waals surface area (Å²) in [5.74, 6) is -0.864. The number of piperazine rings is 1. The molecule has 2 aromatic carbocycles. The van der Waals surface area contributed by atoms with Crippen molar-refractivity contribution in [1.29, 1.82) is 0 Å². The zero-order valence-electron chi connectivity index (χ0n) is 16.7. The second kappa shape index (κ2) is 8.68. The number of thiazole rings is 1. The van der Waals surface area contributed by atoms with Crippen molar-refractivity contribution in [1.82, 2.24) is 14.8 Å². The van der Waals surface area contributed by atoms with Crippen molar-refractivity contribution in [3.05, 3.63) is 53.8 Å². The van der Waals surface area contributed by atoms with Gasteiger partial charge >= 0.3 is 6.03 Å². The second-order valence-corrected chi connectivity index (χ2v) is 8.13. The molecule has 31 heavy (non-hydrogen) atoms. The molecule has 1 aromatic heterocycles. The Balaban J connectivity index is 1.35. The van der Waals surface area contributed by atoms with Crippen LogP contribution in [0.5, 0.6) is 0 Å². The number of rotatable bonds is 3. The highest BCUT2D eigenvalue weighted by atomic mass is 32.1. The summed E-state index contributed by atoms with van der Waals surface area (Å²) in [6.07, 6.45) is 0. The second-order valence-electron chi connectivity index (χ2n) is 7.10. The Labute approximate surface area is 181 Å². The molecule has 2 heterocycles. The first kappa shape index (κ1) is 20.7. The van der Waals surface area contributed by atoms with Crippen LogP contribution in [-0.4, -0.2) is 58.8 Å². The Morgan fingerprint density at radius 1 is 1.00 bits per heavy atom. The van der Waals surface area contributed by atoms with Crippen LogP contribution >= 0.6 is 11.3 Å². The van der Waals surface area contributed by atoms with Gasteiger partial charge < -0.3 is 15.1 Å². The van der Waals surface area contributed by atoms with Crippen LogP contribution < -0.4 is 10.6 Å². The Morgan fingerprint density at radius 3 is 2.45 bits per heavy atom. The fourth-order valence-corrected chi connectivity index (χ4v) is 4.24. The Hall–Kier alpha value is -3.53. The molecule has 1 aliphatic heterocycles. The summed E-state index contributed by atoms with van der Waals surface area (Å²) in [6.45, 7) is 2.90. The van der Waals surface area contributed by atoms with E-state index in [1.165, 1.54) is 36.5 Å². The minimum absolute atomic E-state index is 0.160. The molecule has 0 saturated carbocycles. The molecule has 0 bridgehead atoms. The van der Waals surface area contributed by atoms with Gasteiger partial charge in [0.25, 0.3) is 5.91 Å². The summed E-state index contributed by atoms with van der Waals surface area (Å²) >= 11 is 1.31. The van der Waals surface area contributed by atoms with E-state index in [2.05, 4.69) is 15.6 Å². The summed E-state index contributed by atoms with van der Waals surface area (Å²) < 4.78 is 14.2. The van der Waals surface area contributed by atoms with E-state index in [1.54, 1.807) is 34.1 Å². The van der Waals surface area contributed by atoms with Gasteiger partial charge in [-0.2, -0.15) is 0 Å². The number of hydrogen-bond acceptors (Lipinski definition) is 5. The molecule has 0 radical (unpaired) electrons. The Bertz CT molecular complexity index is 1160. The predicted molar refractivity (Wildman–Crippen MR) is 117 cm³/mol. The van der Waals surface area contributed by atoms with E-state index in [9.17, 15) is 18.8 Å². The minimum atomic E-state index is -0.455. The molecule has 160 valence electrons. The van der Waals surface area contributed by atoms with Crippen molar-refractivity contribution < 1.29 is 18.8 Å². The molecule has 0 spiro atoms. The number of nitrogens with one attached hydrogen (secondary N) is 2. The molecule has 4 amide bonds. The van der Waals surface area contributed by atoms with Gasteiger partial charge in [0.2, 0.25) is 5.91 Å². The van der Waals surface area contributed by atoms with Crippen LogP contribution in [0.4, 0.5) is 20.0 Å². The lowest BCUT2D eigenvalue weighted by molar-refractivity contribution is -0.114. The van der Waals surface area contributed by atoms with Gasteiger partial charge in [0.15, 0.2) is 5.13 Å². The fraction of sp³-hybridized carbons (Fsp3) is 0.238. The molecule has 1 saturated heterocycles. The molecule has 0 unspecified atom stereocenters. The van der Waals surface area contributed by atoms with Crippen LogP contribution in [0.3, 0.4) is 0 Å². The quantitative estimate of drug-likeness (QED) is 0.652. The number of benzene rings is 2. The molecular formula is C21H20FN5O3S. The van der Waals surface area contributed by atoms with Gasteiger partial charge in [-0.05, 0) is 36.4 Å². The number of carbonyl (C=O) groups excluding carboxylic acids is 3. The number of nitrogens with zero attached hydrogens (tertiary/aromatic N) is 3. The lowest BCUT2D eigenvalue weighted by Gasteiger charge is -2.34. The van der Waals surface area contributed by atoms with E-state index >= 15 is 0 Å². The van der Waals surface area contributed by atoms with Crippen molar-refractivity contribution >= 4 is 50.2 Å². The average molecular weight is 441 g/mol. The monoisotopic (exact) mass is 441 g/mol. The van der Waals surface area contributed by atoms with Crippen molar-refractivity contribution in [2.45, 2.75) is 6.92 Å². The Kier molecular flexibility index (Phi) is 5.81. The molecule has 8 nitrogen and oxygen atoms in total. The number of aromatic nitrogens is 1. The number of amides is 4. The number of halogens is 1. The highest BCUT2D eigenvalue weighted by molar-refractivity contribution is 7.22. The highest BCUT2D eigenvalue weighted by Crippen LogP contribution is 2.28. The lowest BCUT2D eigenvalue weighted by Crippen LogP contribution is -2.51. The third-order valence-corrected chi connectivity index (χ3v) is 5.78. The molecule has 1 aliphatic rings. The Morgan fingerprint density at radius 2 is 1.74 bits per heavy atom. The first-order chi connectivity index (χ1) is 14.9. The molecular weight excluding hydrogens is 421 g/mol. The number of hydrogen-bond donors (Lipinski definition) is 2. The van der Waals surface area contributed by atoms with Crippen LogP contribution in [0.15, 0.2) is 42.5 Å². The van der Waals surface area contributed by atoms with Gasteiger partial charge in [0, 0.05) is 44.4 Å². The highest BCUT2D eigenvalue weighted by Gasteiger charge is 2.25. The van der Waals surface area contributed by atoms with Crippen LogP contribution in [-0.2, 0) is 4.79 Å². The van der Waals surface area contributed by atoms with Crippen molar-refractivity contribution in [3.8, 4) is 0 Å². The van der Waals surface area contributed by atoms with E-state index < -0.39 is 5.82 Å². The number of carbonyl (C=O) groups is 3. The van der Waals surface area contributed by atoms with Crippen molar-refractivity contribution in [2.75, 3.05) is 36.8 Å². The summed E-state index contributed by atoms with van der Waals surface area (Å²) in [5.41, 5.74) is 1.69. The van der Waals surface area contributed by atoms with Crippen molar-refractivity contribution in [3.63, 3.8) is 0 Å². The smallest absolute Gasteiger partial charge is 0.323 e. The third-order valence-electron chi connectivity index (χ3n) is 4.85. The summed E-state index contributed by atoms with van der Waals surface area (Å²) in [4.78, 5) is 44.0. The number of anilines is 2. The van der Waals surface area contributed by atoms with Gasteiger partial charge in [0.1, 0.15) is 5.82 Å². The van der Waals surface area contributed by atoms with Gasteiger partial charge in [-0.15, -0.1) is 0 Å². The maximum Gasteiger partial charge on any atom is 0.323 e. The van der Waals surface area contributed by atoms with Gasteiger partial charge in [0.05, 0.1) is 10.2 Å². The fourth-order valence-electron chi connectivity index (χ4n) is 3.35. The summed E-state index contributed by atoms with van der Waals surface area (Å²) in [6, 6.07) is 10.6. The van der Waals surface area contributed by atoms with Crippen molar-refractivity contribution in [2.24, 2.45) is 0 Å². The number of urea groups is 1. The van der Waals surface area contributed by atoms with Crippen LogP contribution in [0, 0.1) is 5.82 Å². The third kappa shape index (κ3) is 4.80. The molecule has 10 heteroatoms. The number of fused-ring (bicyclic) bond motifs is 1. The van der Waals surface area contributed by atoms with Gasteiger partial charge in [-0.3, -0.25) is 14.9 Å². The van der Waals surface area contributed by atoms with Crippen LogP contribution in [0.25, 0.3) is 10.2 Å². The van der Waals surface area contributed by atoms with Gasteiger partial charge in [-0.1, -0.05) is 17.4 Å². The first-order valence-corrected chi connectivity index (χ1v) is 10.5. The van der Waals surface area contributed by atoms with E-state index in [4.69, 9.17) is 0 Å². The van der Waals surface area contributed by atoms with E-state index in [0.717, 1.165) is 10.2 Å². The predicted octanol–water partition coefficient (Wildman–Crippen LogP) is 3.38. The molecule has 2 N–H and O–H groups in total. The van der Waals surface area contributed by atoms with Gasteiger partial charge in [-0.25, -0.2) is 14.2 Å². The van der Waals surface area contributed by atoms with Crippen LogP contribution in [0.2, 0.25) is 0 Å². The average Bonchev–Trinajstić information content (AvgIpc) is 3.14.